The van der Waals surface area contributed by atoms with Gasteiger partial charge >= 0.3 is 0 Å². The third-order valence-corrected chi connectivity index (χ3v) is 4.48. The normalized spacial score (nSPS) is 16.3. The molecule has 0 fully saturated rings. The van der Waals surface area contributed by atoms with Crippen LogP contribution < -0.4 is 5.32 Å². The van der Waals surface area contributed by atoms with Gasteiger partial charge in [0.1, 0.15) is 5.82 Å². The van der Waals surface area contributed by atoms with Crippen molar-refractivity contribution in [3.63, 3.8) is 0 Å². The van der Waals surface area contributed by atoms with Crippen molar-refractivity contribution in [2.45, 2.75) is 6.04 Å². The van der Waals surface area contributed by atoms with E-state index in [1.165, 1.54) is 6.07 Å². The fourth-order valence-corrected chi connectivity index (χ4v) is 3.18. The molecule has 1 atom stereocenters. The summed E-state index contributed by atoms with van der Waals surface area (Å²) in [6.07, 6.45) is 0. The number of hydrogen-bond acceptors (Lipinski definition) is 2. The smallest absolute Gasteiger partial charge is 0.253 e. The Morgan fingerprint density at radius 2 is 1.65 bits per heavy atom. The standard InChI is InChI=1S/C21H14ClFN2O/c22-14-10-11-18-16(12-14)20(15-8-4-5-9-17(15)23)25-19(21(26)24-18)13-6-2-1-3-7-13/h1-12,19H,(H,24,26)/t19-/m0/s1. The highest BCUT2D eigenvalue weighted by atomic mass is 35.5. The molecule has 0 saturated carbocycles. The lowest BCUT2D eigenvalue weighted by atomic mass is 10.00. The lowest BCUT2D eigenvalue weighted by Gasteiger charge is -2.11. The first-order chi connectivity index (χ1) is 12.6. The summed E-state index contributed by atoms with van der Waals surface area (Å²) in [4.78, 5) is 17.4. The summed E-state index contributed by atoms with van der Waals surface area (Å²) in [5, 5.41) is 3.37. The number of amides is 1. The van der Waals surface area contributed by atoms with Gasteiger partial charge in [0.05, 0.1) is 11.4 Å². The Labute approximate surface area is 155 Å². The first-order valence-corrected chi connectivity index (χ1v) is 8.50. The highest BCUT2D eigenvalue weighted by Crippen LogP contribution is 2.32. The van der Waals surface area contributed by atoms with E-state index in [1.807, 2.05) is 30.3 Å². The molecular weight excluding hydrogens is 351 g/mol. The fourth-order valence-electron chi connectivity index (χ4n) is 3.01. The molecule has 4 rings (SSSR count). The molecular formula is C21H14ClFN2O. The lowest BCUT2D eigenvalue weighted by Crippen LogP contribution is -2.18. The summed E-state index contributed by atoms with van der Waals surface area (Å²) in [5.74, 6) is -0.676. The number of benzodiazepines with no additional fused rings is 1. The van der Waals surface area contributed by atoms with E-state index in [2.05, 4.69) is 10.3 Å². The van der Waals surface area contributed by atoms with Crippen molar-refractivity contribution in [1.29, 1.82) is 0 Å². The third-order valence-electron chi connectivity index (χ3n) is 4.25. The van der Waals surface area contributed by atoms with Crippen LogP contribution in [0, 0.1) is 5.82 Å². The van der Waals surface area contributed by atoms with E-state index in [-0.39, 0.29) is 5.91 Å². The molecule has 1 aliphatic heterocycles. The number of anilines is 1. The second-order valence-electron chi connectivity index (χ2n) is 5.95. The maximum atomic E-state index is 14.5. The fraction of sp³-hybridized carbons (Fsp3) is 0.0476. The predicted octanol–water partition coefficient (Wildman–Crippen LogP) is 5.01. The molecule has 0 spiro atoms. The molecule has 1 heterocycles. The third kappa shape index (κ3) is 3.00. The molecule has 1 amide bonds. The zero-order valence-electron chi connectivity index (χ0n) is 13.6. The Balaban J connectivity index is 1.97. The Kier molecular flexibility index (Phi) is 4.27. The highest BCUT2D eigenvalue weighted by Gasteiger charge is 2.28. The van der Waals surface area contributed by atoms with Gasteiger partial charge in [0.15, 0.2) is 6.04 Å². The minimum absolute atomic E-state index is 0.272. The van der Waals surface area contributed by atoms with Gasteiger partial charge in [0.25, 0.3) is 5.91 Å². The molecule has 3 aromatic rings. The van der Waals surface area contributed by atoms with Crippen LogP contribution >= 0.6 is 11.6 Å². The van der Waals surface area contributed by atoms with Crippen molar-refractivity contribution in [2.24, 2.45) is 4.99 Å². The number of carbonyl (C=O) groups excluding carboxylic acids is 1. The van der Waals surface area contributed by atoms with Crippen molar-refractivity contribution < 1.29 is 9.18 Å². The Morgan fingerprint density at radius 3 is 2.42 bits per heavy atom. The SMILES string of the molecule is O=C1Nc2ccc(Cl)cc2C(c2ccccc2F)=N[C@H]1c1ccccc1. The number of aliphatic imine (C=N–C) groups is 1. The molecule has 1 aliphatic rings. The van der Waals surface area contributed by atoms with Gasteiger partial charge in [-0.25, -0.2) is 4.39 Å². The van der Waals surface area contributed by atoms with Crippen molar-refractivity contribution in [3.05, 3.63) is 100 Å². The second kappa shape index (κ2) is 6.73. The van der Waals surface area contributed by atoms with Crippen molar-refractivity contribution in [1.82, 2.24) is 0 Å². The van der Waals surface area contributed by atoms with E-state index in [0.717, 1.165) is 5.56 Å². The zero-order chi connectivity index (χ0) is 18.1. The highest BCUT2D eigenvalue weighted by molar-refractivity contribution is 6.32. The molecule has 3 aromatic carbocycles. The number of hydrogen-bond donors (Lipinski definition) is 1. The number of carbonyl (C=O) groups is 1. The van der Waals surface area contributed by atoms with Crippen molar-refractivity contribution in [3.8, 4) is 0 Å². The minimum atomic E-state index is -0.781. The molecule has 0 saturated heterocycles. The van der Waals surface area contributed by atoms with E-state index in [4.69, 9.17) is 11.6 Å². The topological polar surface area (TPSA) is 41.5 Å². The van der Waals surface area contributed by atoms with Gasteiger partial charge in [-0.3, -0.25) is 9.79 Å². The van der Waals surface area contributed by atoms with Crippen LogP contribution in [0.4, 0.5) is 10.1 Å². The second-order valence-corrected chi connectivity index (χ2v) is 6.39. The van der Waals surface area contributed by atoms with Gasteiger partial charge in [0, 0.05) is 16.1 Å². The van der Waals surface area contributed by atoms with Gasteiger partial charge in [0.2, 0.25) is 0 Å². The van der Waals surface area contributed by atoms with Crippen LogP contribution in [0.3, 0.4) is 0 Å². The average molecular weight is 365 g/mol. The first-order valence-electron chi connectivity index (χ1n) is 8.12. The van der Waals surface area contributed by atoms with Crippen molar-refractivity contribution in [2.75, 3.05) is 5.32 Å². The maximum Gasteiger partial charge on any atom is 0.253 e. The average Bonchev–Trinajstić information content (AvgIpc) is 2.79. The number of nitrogens with one attached hydrogen (secondary N) is 1. The summed E-state index contributed by atoms with van der Waals surface area (Å²) >= 11 is 6.15. The molecule has 0 aromatic heterocycles. The number of rotatable bonds is 2. The monoisotopic (exact) mass is 364 g/mol. The van der Waals surface area contributed by atoms with Crippen LogP contribution in [0.5, 0.6) is 0 Å². The molecule has 0 bridgehead atoms. The van der Waals surface area contributed by atoms with Crippen LogP contribution in [0.1, 0.15) is 22.7 Å². The number of benzene rings is 3. The quantitative estimate of drug-likeness (QED) is 0.682. The molecule has 26 heavy (non-hydrogen) atoms. The number of nitrogens with zero attached hydrogens (tertiary/aromatic N) is 1. The summed E-state index contributed by atoms with van der Waals surface area (Å²) < 4.78 is 14.5. The lowest BCUT2D eigenvalue weighted by molar-refractivity contribution is -0.117. The predicted molar refractivity (Wildman–Crippen MR) is 101 cm³/mol. The van der Waals surface area contributed by atoms with Crippen LogP contribution in [0.25, 0.3) is 0 Å². The Bertz CT molecular complexity index is 1020. The molecule has 0 aliphatic carbocycles. The molecule has 0 unspecified atom stereocenters. The van der Waals surface area contributed by atoms with Crippen LogP contribution in [0.2, 0.25) is 5.02 Å². The van der Waals surface area contributed by atoms with E-state index in [0.29, 0.717) is 27.5 Å². The summed E-state index contributed by atoms with van der Waals surface area (Å²) in [5.41, 5.74) is 2.60. The summed E-state index contributed by atoms with van der Waals surface area (Å²) in [6.45, 7) is 0. The minimum Gasteiger partial charge on any atom is -0.323 e. The van der Waals surface area contributed by atoms with Crippen LogP contribution in [-0.2, 0) is 4.79 Å². The molecule has 1 N–H and O–H groups in total. The molecule has 5 heteroatoms. The van der Waals surface area contributed by atoms with E-state index >= 15 is 0 Å². The maximum absolute atomic E-state index is 14.5. The first kappa shape index (κ1) is 16.5. The van der Waals surface area contributed by atoms with Gasteiger partial charge in [-0.1, -0.05) is 54.1 Å². The van der Waals surface area contributed by atoms with Gasteiger partial charge in [-0.2, -0.15) is 0 Å². The van der Waals surface area contributed by atoms with Gasteiger partial charge < -0.3 is 5.32 Å². The number of fused-ring (bicyclic) bond motifs is 1. The Morgan fingerprint density at radius 1 is 0.923 bits per heavy atom. The van der Waals surface area contributed by atoms with Crippen LogP contribution in [0.15, 0.2) is 77.8 Å². The largest absolute Gasteiger partial charge is 0.323 e. The molecule has 128 valence electrons. The van der Waals surface area contributed by atoms with Gasteiger partial charge in [-0.05, 0) is 35.9 Å². The molecule has 3 nitrogen and oxygen atoms in total. The van der Waals surface area contributed by atoms with Crippen molar-refractivity contribution >= 4 is 28.9 Å². The van der Waals surface area contributed by atoms with E-state index in [1.54, 1.807) is 36.4 Å². The zero-order valence-corrected chi connectivity index (χ0v) is 14.4. The number of halogens is 2. The summed E-state index contributed by atoms with van der Waals surface area (Å²) in [6, 6.07) is 19.9. The molecule has 0 radical (unpaired) electrons. The van der Waals surface area contributed by atoms with E-state index < -0.39 is 11.9 Å². The summed E-state index contributed by atoms with van der Waals surface area (Å²) in [7, 11) is 0. The van der Waals surface area contributed by atoms with Crippen LogP contribution in [-0.4, -0.2) is 11.6 Å². The van der Waals surface area contributed by atoms with Gasteiger partial charge in [-0.15, -0.1) is 0 Å². The Hall–Kier alpha value is -2.98. The van der Waals surface area contributed by atoms with E-state index in [9.17, 15) is 9.18 Å².